The SMILES string of the molecule is CNCc1ccc(S(=O)(=O)Nc2cccc(Cl)c2)nc1. The van der Waals surface area contributed by atoms with Crippen molar-refractivity contribution in [1.82, 2.24) is 10.3 Å². The van der Waals surface area contributed by atoms with Gasteiger partial charge in [-0.05, 0) is 36.9 Å². The molecule has 1 aromatic heterocycles. The Kier molecular flexibility index (Phi) is 4.59. The lowest BCUT2D eigenvalue weighted by Gasteiger charge is -2.08. The molecule has 1 heterocycles. The van der Waals surface area contributed by atoms with Crippen molar-refractivity contribution in [1.29, 1.82) is 0 Å². The number of nitrogens with zero attached hydrogens (tertiary/aromatic N) is 1. The third-order valence-corrected chi connectivity index (χ3v) is 4.06. The van der Waals surface area contributed by atoms with Crippen molar-refractivity contribution in [2.75, 3.05) is 11.8 Å². The molecule has 2 N–H and O–H groups in total. The highest BCUT2D eigenvalue weighted by atomic mass is 35.5. The second-order valence-electron chi connectivity index (χ2n) is 4.15. The zero-order valence-corrected chi connectivity index (χ0v) is 12.4. The van der Waals surface area contributed by atoms with Crippen molar-refractivity contribution in [3.63, 3.8) is 0 Å². The lowest BCUT2D eigenvalue weighted by Crippen LogP contribution is -2.15. The molecule has 0 aliphatic carbocycles. The van der Waals surface area contributed by atoms with Crippen LogP contribution in [-0.4, -0.2) is 20.4 Å². The van der Waals surface area contributed by atoms with Gasteiger partial charge in [0.05, 0.1) is 5.69 Å². The van der Waals surface area contributed by atoms with E-state index < -0.39 is 10.0 Å². The van der Waals surface area contributed by atoms with Crippen LogP contribution in [0.25, 0.3) is 0 Å². The molecule has 0 fully saturated rings. The monoisotopic (exact) mass is 311 g/mol. The lowest BCUT2D eigenvalue weighted by atomic mass is 10.3. The zero-order chi connectivity index (χ0) is 14.6. The minimum Gasteiger partial charge on any atom is -0.316 e. The first-order chi connectivity index (χ1) is 9.51. The number of hydrogen-bond donors (Lipinski definition) is 2. The molecule has 106 valence electrons. The minimum absolute atomic E-state index is 0.0303. The van der Waals surface area contributed by atoms with E-state index in [1.807, 2.05) is 7.05 Å². The average Bonchev–Trinajstić information content (AvgIpc) is 2.39. The number of pyridine rings is 1. The number of benzene rings is 1. The van der Waals surface area contributed by atoms with E-state index in [9.17, 15) is 8.42 Å². The van der Waals surface area contributed by atoms with E-state index in [0.29, 0.717) is 17.3 Å². The maximum absolute atomic E-state index is 12.1. The summed E-state index contributed by atoms with van der Waals surface area (Å²) in [5.41, 5.74) is 1.31. The summed E-state index contributed by atoms with van der Waals surface area (Å²) >= 11 is 5.82. The molecule has 7 heteroatoms. The number of sulfonamides is 1. The number of nitrogens with one attached hydrogen (secondary N) is 2. The largest absolute Gasteiger partial charge is 0.316 e. The van der Waals surface area contributed by atoms with E-state index in [1.165, 1.54) is 18.3 Å². The van der Waals surface area contributed by atoms with Gasteiger partial charge in [0.25, 0.3) is 10.0 Å². The van der Waals surface area contributed by atoms with Gasteiger partial charge in [-0.25, -0.2) is 4.98 Å². The number of anilines is 1. The molecule has 20 heavy (non-hydrogen) atoms. The number of aromatic nitrogens is 1. The van der Waals surface area contributed by atoms with Crippen molar-refractivity contribution in [3.05, 3.63) is 53.2 Å². The molecule has 0 unspecified atom stereocenters. The van der Waals surface area contributed by atoms with Crippen LogP contribution in [-0.2, 0) is 16.6 Å². The Labute approximate surface area is 123 Å². The van der Waals surface area contributed by atoms with Crippen LogP contribution in [0.2, 0.25) is 5.02 Å². The molecule has 0 atom stereocenters. The second kappa shape index (κ2) is 6.21. The van der Waals surface area contributed by atoms with Crippen molar-refractivity contribution in [3.8, 4) is 0 Å². The predicted molar refractivity (Wildman–Crippen MR) is 79.3 cm³/mol. The van der Waals surface area contributed by atoms with E-state index in [4.69, 9.17) is 11.6 Å². The van der Waals surface area contributed by atoms with Gasteiger partial charge in [-0.15, -0.1) is 0 Å². The molecular formula is C13H14ClN3O2S. The van der Waals surface area contributed by atoms with E-state index >= 15 is 0 Å². The molecule has 0 aliphatic heterocycles. The van der Waals surface area contributed by atoms with Crippen molar-refractivity contribution < 1.29 is 8.42 Å². The lowest BCUT2D eigenvalue weighted by molar-refractivity contribution is 0.597. The summed E-state index contributed by atoms with van der Waals surface area (Å²) in [5, 5.41) is 3.40. The van der Waals surface area contributed by atoms with Crippen LogP contribution in [0, 0.1) is 0 Å². The van der Waals surface area contributed by atoms with E-state index in [-0.39, 0.29) is 5.03 Å². The smallest absolute Gasteiger partial charge is 0.279 e. The van der Waals surface area contributed by atoms with E-state index in [2.05, 4.69) is 15.0 Å². The summed E-state index contributed by atoms with van der Waals surface area (Å²) in [7, 11) is -1.89. The molecule has 0 aliphatic rings. The Hall–Kier alpha value is -1.63. The molecule has 2 aromatic rings. The first-order valence-corrected chi connectivity index (χ1v) is 7.75. The summed E-state index contributed by atoms with van der Waals surface area (Å²) in [6.45, 7) is 0.634. The highest BCUT2D eigenvalue weighted by Crippen LogP contribution is 2.18. The second-order valence-corrected chi connectivity index (χ2v) is 6.22. The van der Waals surface area contributed by atoms with Crippen LogP contribution < -0.4 is 10.0 Å². The van der Waals surface area contributed by atoms with Gasteiger partial charge in [0, 0.05) is 17.8 Å². The van der Waals surface area contributed by atoms with Crippen molar-refractivity contribution >= 4 is 27.3 Å². The summed E-state index contributed by atoms with van der Waals surface area (Å²) in [6, 6.07) is 9.69. The average molecular weight is 312 g/mol. The molecule has 0 radical (unpaired) electrons. The van der Waals surface area contributed by atoms with Gasteiger partial charge < -0.3 is 5.32 Å². The van der Waals surface area contributed by atoms with Crippen LogP contribution in [0.1, 0.15) is 5.56 Å². The fraction of sp³-hybridized carbons (Fsp3) is 0.154. The van der Waals surface area contributed by atoms with Gasteiger partial charge in [0.2, 0.25) is 0 Å². The van der Waals surface area contributed by atoms with Gasteiger partial charge in [-0.2, -0.15) is 8.42 Å². The summed E-state index contributed by atoms with van der Waals surface area (Å²) < 4.78 is 26.7. The first kappa shape index (κ1) is 14.8. The summed E-state index contributed by atoms with van der Waals surface area (Å²) in [4.78, 5) is 3.96. The molecule has 0 saturated heterocycles. The van der Waals surface area contributed by atoms with Gasteiger partial charge in [-0.3, -0.25) is 4.72 Å². The molecule has 0 amide bonds. The third-order valence-electron chi connectivity index (χ3n) is 2.53. The molecule has 2 rings (SSSR count). The van der Waals surface area contributed by atoms with E-state index in [1.54, 1.807) is 24.3 Å². The number of hydrogen-bond acceptors (Lipinski definition) is 4. The fourth-order valence-corrected chi connectivity index (χ4v) is 2.81. The van der Waals surface area contributed by atoms with Crippen LogP contribution in [0.3, 0.4) is 0 Å². The van der Waals surface area contributed by atoms with Gasteiger partial charge in [0.15, 0.2) is 5.03 Å². The van der Waals surface area contributed by atoms with Crippen molar-refractivity contribution in [2.45, 2.75) is 11.6 Å². The highest BCUT2D eigenvalue weighted by Gasteiger charge is 2.15. The van der Waals surface area contributed by atoms with Crippen LogP contribution in [0.15, 0.2) is 47.6 Å². The Morgan fingerprint density at radius 2 is 2.05 bits per heavy atom. The standard InChI is InChI=1S/C13H14ClN3O2S/c1-15-8-10-5-6-13(16-9-10)20(18,19)17-12-4-2-3-11(14)7-12/h2-7,9,15,17H,8H2,1H3. The maximum atomic E-state index is 12.1. The molecule has 0 saturated carbocycles. The number of rotatable bonds is 5. The zero-order valence-electron chi connectivity index (χ0n) is 10.8. The molecule has 1 aromatic carbocycles. The first-order valence-electron chi connectivity index (χ1n) is 5.89. The molecule has 0 bridgehead atoms. The van der Waals surface area contributed by atoms with E-state index in [0.717, 1.165) is 5.56 Å². The van der Waals surface area contributed by atoms with Crippen molar-refractivity contribution in [2.24, 2.45) is 0 Å². The minimum atomic E-state index is -3.70. The Bertz CT molecular complexity index is 687. The predicted octanol–water partition coefficient (Wildman–Crippen LogP) is 2.26. The number of halogens is 1. The Morgan fingerprint density at radius 1 is 1.25 bits per heavy atom. The highest BCUT2D eigenvalue weighted by molar-refractivity contribution is 7.92. The van der Waals surface area contributed by atoms with Gasteiger partial charge >= 0.3 is 0 Å². The molecule has 5 nitrogen and oxygen atoms in total. The summed E-state index contributed by atoms with van der Waals surface area (Å²) in [5.74, 6) is 0. The van der Waals surface area contributed by atoms with Gasteiger partial charge in [-0.1, -0.05) is 23.7 Å². The molecular weight excluding hydrogens is 298 g/mol. The van der Waals surface area contributed by atoms with Crippen LogP contribution in [0.5, 0.6) is 0 Å². The van der Waals surface area contributed by atoms with Gasteiger partial charge in [0.1, 0.15) is 0 Å². The topological polar surface area (TPSA) is 71.1 Å². The van der Waals surface area contributed by atoms with Crippen LogP contribution >= 0.6 is 11.6 Å². The maximum Gasteiger partial charge on any atom is 0.279 e. The Balaban J connectivity index is 2.21. The third kappa shape index (κ3) is 3.69. The summed E-state index contributed by atoms with van der Waals surface area (Å²) in [6.07, 6.45) is 1.53. The van der Waals surface area contributed by atoms with Crippen LogP contribution in [0.4, 0.5) is 5.69 Å². The molecule has 0 spiro atoms. The quantitative estimate of drug-likeness (QED) is 0.888. The normalized spacial score (nSPS) is 11.3. The fourth-order valence-electron chi connectivity index (χ4n) is 1.64. The Morgan fingerprint density at radius 3 is 2.65 bits per heavy atom.